The molecule has 0 N–H and O–H groups in total. The number of hydrogen-bond donors (Lipinski definition) is 0. The number of fused-ring (bicyclic) bond motifs is 1. The van der Waals surface area contributed by atoms with E-state index in [1.165, 1.54) is 50.8 Å². The molecule has 0 unspecified atom stereocenters. The Kier molecular flexibility index (Phi) is 5.90. The van der Waals surface area contributed by atoms with Crippen molar-refractivity contribution in [3.05, 3.63) is 17.5 Å². The SMILES string of the molecule is O=C(CCc1cc2n(n1)CCCN(C1CCCCC1)C2)N1CCOCC1. The topological polar surface area (TPSA) is 50.6 Å². The van der Waals surface area contributed by atoms with Crippen molar-refractivity contribution in [2.75, 3.05) is 32.8 Å². The molecule has 6 heteroatoms. The Morgan fingerprint density at radius 2 is 1.88 bits per heavy atom. The van der Waals surface area contributed by atoms with Gasteiger partial charge in [-0.15, -0.1) is 0 Å². The zero-order chi connectivity index (χ0) is 17.8. The number of carbonyl (C=O) groups excluding carboxylic acids is 1. The van der Waals surface area contributed by atoms with Crippen LogP contribution in [0.1, 0.15) is 56.3 Å². The van der Waals surface area contributed by atoms with Gasteiger partial charge in [-0.1, -0.05) is 19.3 Å². The van der Waals surface area contributed by atoms with Crippen molar-refractivity contribution in [2.45, 2.75) is 70.5 Å². The first kappa shape index (κ1) is 18.0. The van der Waals surface area contributed by atoms with Crippen molar-refractivity contribution < 1.29 is 9.53 Å². The lowest BCUT2D eigenvalue weighted by Crippen LogP contribution is -2.40. The van der Waals surface area contributed by atoms with Crippen molar-refractivity contribution in [1.29, 1.82) is 0 Å². The van der Waals surface area contributed by atoms with E-state index in [0.29, 0.717) is 19.6 Å². The molecule has 1 aromatic heterocycles. The van der Waals surface area contributed by atoms with Crippen LogP contribution in [0.2, 0.25) is 0 Å². The number of ether oxygens (including phenoxy) is 1. The highest BCUT2D eigenvalue weighted by atomic mass is 16.5. The van der Waals surface area contributed by atoms with Gasteiger partial charge in [0.25, 0.3) is 0 Å². The molecule has 2 fully saturated rings. The fourth-order valence-electron chi connectivity index (χ4n) is 4.63. The normalized spacial score (nSPS) is 22.8. The Morgan fingerprint density at radius 3 is 2.69 bits per heavy atom. The van der Waals surface area contributed by atoms with Crippen LogP contribution in [0.25, 0.3) is 0 Å². The van der Waals surface area contributed by atoms with Gasteiger partial charge < -0.3 is 9.64 Å². The second-order valence-electron chi connectivity index (χ2n) is 7.96. The predicted octanol–water partition coefficient (Wildman–Crippen LogP) is 2.21. The summed E-state index contributed by atoms with van der Waals surface area (Å²) in [4.78, 5) is 17.0. The Morgan fingerprint density at radius 1 is 1.08 bits per heavy atom. The second-order valence-corrected chi connectivity index (χ2v) is 7.96. The molecule has 6 nitrogen and oxygen atoms in total. The van der Waals surface area contributed by atoms with Gasteiger partial charge in [-0.2, -0.15) is 5.10 Å². The van der Waals surface area contributed by atoms with Crippen molar-refractivity contribution in [2.24, 2.45) is 0 Å². The average molecular weight is 361 g/mol. The molecule has 0 radical (unpaired) electrons. The number of carbonyl (C=O) groups is 1. The minimum Gasteiger partial charge on any atom is -0.378 e. The first-order chi connectivity index (χ1) is 12.8. The highest BCUT2D eigenvalue weighted by Gasteiger charge is 2.25. The van der Waals surface area contributed by atoms with Crippen LogP contribution in [0.15, 0.2) is 6.07 Å². The quantitative estimate of drug-likeness (QED) is 0.826. The molecule has 26 heavy (non-hydrogen) atoms. The van der Waals surface area contributed by atoms with Crippen molar-refractivity contribution >= 4 is 5.91 Å². The largest absolute Gasteiger partial charge is 0.378 e. The molecular formula is C20H32N4O2. The maximum absolute atomic E-state index is 12.4. The van der Waals surface area contributed by atoms with Gasteiger partial charge in [0.15, 0.2) is 0 Å². The van der Waals surface area contributed by atoms with E-state index in [0.717, 1.165) is 44.3 Å². The Balaban J connectivity index is 1.34. The minimum absolute atomic E-state index is 0.236. The van der Waals surface area contributed by atoms with Gasteiger partial charge in [-0.05, 0) is 25.3 Å². The summed E-state index contributed by atoms with van der Waals surface area (Å²) in [6, 6.07) is 3.00. The summed E-state index contributed by atoms with van der Waals surface area (Å²) in [5.74, 6) is 0.236. The molecule has 1 amide bonds. The minimum atomic E-state index is 0.236. The molecule has 1 saturated heterocycles. The molecule has 0 atom stereocenters. The molecule has 1 aromatic rings. The molecule has 1 saturated carbocycles. The number of aromatic nitrogens is 2. The summed E-state index contributed by atoms with van der Waals surface area (Å²) in [5.41, 5.74) is 2.41. The van der Waals surface area contributed by atoms with E-state index < -0.39 is 0 Å². The highest BCUT2D eigenvalue weighted by Crippen LogP contribution is 2.26. The van der Waals surface area contributed by atoms with Gasteiger partial charge in [0.2, 0.25) is 5.91 Å². The maximum atomic E-state index is 12.4. The van der Waals surface area contributed by atoms with E-state index in [1.54, 1.807) is 0 Å². The van der Waals surface area contributed by atoms with Gasteiger partial charge in [0.05, 0.1) is 24.6 Å². The number of nitrogens with zero attached hydrogens (tertiary/aromatic N) is 4. The summed E-state index contributed by atoms with van der Waals surface area (Å²) in [5, 5.41) is 4.80. The first-order valence-corrected chi connectivity index (χ1v) is 10.4. The molecular weight excluding hydrogens is 328 g/mol. The van der Waals surface area contributed by atoms with Crippen molar-refractivity contribution in [1.82, 2.24) is 19.6 Å². The fourth-order valence-corrected chi connectivity index (χ4v) is 4.63. The Labute approximate surface area is 156 Å². The molecule has 144 valence electrons. The summed E-state index contributed by atoms with van der Waals surface area (Å²) >= 11 is 0. The molecule has 0 spiro atoms. The van der Waals surface area contributed by atoms with E-state index in [1.807, 2.05) is 4.90 Å². The van der Waals surface area contributed by atoms with E-state index in [2.05, 4.69) is 15.6 Å². The summed E-state index contributed by atoms with van der Waals surface area (Å²) in [7, 11) is 0. The standard InChI is InChI=1S/C20H32N4O2/c25-20(22-11-13-26-14-12-22)8-7-17-15-19-16-23(9-4-10-24(19)21-17)18-5-2-1-3-6-18/h15,18H,1-14,16H2. The number of amides is 1. The third-order valence-electron chi connectivity index (χ3n) is 6.14. The van der Waals surface area contributed by atoms with Crippen LogP contribution < -0.4 is 0 Å². The highest BCUT2D eigenvalue weighted by molar-refractivity contribution is 5.76. The number of morpholine rings is 1. The van der Waals surface area contributed by atoms with E-state index in [-0.39, 0.29) is 5.91 Å². The number of rotatable bonds is 4. The van der Waals surface area contributed by atoms with Crippen LogP contribution in [0.5, 0.6) is 0 Å². The molecule has 1 aliphatic carbocycles. The van der Waals surface area contributed by atoms with Gasteiger partial charge in [0, 0.05) is 51.6 Å². The molecule has 3 aliphatic rings. The van der Waals surface area contributed by atoms with Gasteiger partial charge >= 0.3 is 0 Å². The first-order valence-electron chi connectivity index (χ1n) is 10.4. The molecule has 2 aliphatic heterocycles. The van der Waals surface area contributed by atoms with Gasteiger partial charge in [-0.25, -0.2) is 0 Å². The lowest BCUT2D eigenvalue weighted by Gasteiger charge is -2.33. The van der Waals surface area contributed by atoms with Crippen LogP contribution >= 0.6 is 0 Å². The smallest absolute Gasteiger partial charge is 0.223 e. The van der Waals surface area contributed by atoms with Crippen molar-refractivity contribution in [3.63, 3.8) is 0 Å². The third-order valence-corrected chi connectivity index (χ3v) is 6.14. The van der Waals surface area contributed by atoms with Crippen LogP contribution in [0.3, 0.4) is 0 Å². The zero-order valence-electron chi connectivity index (χ0n) is 15.9. The van der Waals surface area contributed by atoms with E-state index in [9.17, 15) is 4.79 Å². The van der Waals surface area contributed by atoms with E-state index in [4.69, 9.17) is 9.84 Å². The maximum Gasteiger partial charge on any atom is 0.223 e. The zero-order valence-corrected chi connectivity index (χ0v) is 15.9. The fraction of sp³-hybridized carbons (Fsp3) is 0.800. The molecule has 0 bridgehead atoms. The summed E-state index contributed by atoms with van der Waals surface area (Å²) in [6.07, 6.45) is 9.37. The summed E-state index contributed by atoms with van der Waals surface area (Å²) < 4.78 is 7.52. The van der Waals surface area contributed by atoms with Crippen molar-refractivity contribution in [3.8, 4) is 0 Å². The Bertz CT molecular complexity index is 603. The van der Waals surface area contributed by atoms with Crippen LogP contribution in [-0.4, -0.2) is 64.4 Å². The van der Waals surface area contributed by atoms with E-state index >= 15 is 0 Å². The average Bonchev–Trinajstić information content (AvgIpc) is 2.97. The molecule has 3 heterocycles. The third kappa shape index (κ3) is 4.29. The number of hydrogen-bond acceptors (Lipinski definition) is 4. The monoisotopic (exact) mass is 360 g/mol. The van der Waals surface area contributed by atoms with Gasteiger partial charge in [0.1, 0.15) is 0 Å². The molecule has 0 aromatic carbocycles. The Hall–Kier alpha value is -1.40. The summed E-state index contributed by atoms with van der Waals surface area (Å²) in [6.45, 7) is 6.02. The van der Waals surface area contributed by atoms with Crippen LogP contribution in [0.4, 0.5) is 0 Å². The second kappa shape index (κ2) is 8.53. The molecule has 4 rings (SSSR count). The predicted molar refractivity (Wildman–Crippen MR) is 99.8 cm³/mol. The van der Waals surface area contributed by atoms with Crippen LogP contribution in [0, 0.1) is 0 Å². The van der Waals surface area contributed by atoms with Crippen LogP contribution in [-0.2, 0) is 29.0 Å². The van der Waals surface area contributed by atoms with Gasteiger partial charge in [-0.3, -0.25) is 14.4 Å². The lowest BCUT2D eigenvalue weighted by molar-refractivity contribution is -0.135. The lowest BCUT2D eigenvalue weighted by atomic mass is 9.94. The number of aryl methyl sites for hydroxylation is 2.